The first kappa shape index (κ1) is 16.8. The quantitative estimate of drug-likeness (QED) is 0.774. The smallest absolute Gasteiger partial charge is 0.0452 e. The van der Waals surface area contributed by atoms with Crippen molar-refractivity contribution < 1.29 is 0 Å². The molecule has 1 nitrogen and oxygen atoms in total. The third-order valence-electron chi connectivity index (χ3n) is 3.18. The fourth-order valence-corrected chi connectivity index (χ4v) is 2.29. The predicted octanol–water partition coefficient (Wildman–Crippen LogP) is 5.34. The highest BCUT2D eigenvalue weighted by molar-refractivity contribution is 6.35. The Bertz CT molecular complexity index is 419. The lowest BCUT2D eigenvalue weighted by Crippen LogP contribution is -2.42. The highest BCUT2D eigenvalue weighted by Crippen LogP contribution is 2.27. The Balaban J connectivity index is 2.55. The van der Waals surface area contributed by atoms with Gasteiger partial charge in [-0.05, 0) is 56.7 Å². The van der Waals surface area contributed by atoms with Crippen molar-refractivity contribution >= 4 is 23.2 Å². The summed E-state index contributed by atoms with van der Waals surface area (Å²) in [6.07, 6.45) is 2.08. The number of halogens is 2. The molecule has 0 heterocycles. The molecule has 1 aromatic carbocycles. The Morgan fingerprint density at radius 3 is 2.21 bits per heavy atom. The van der Waals surface area contributed by atoms with Crippen LogP contribution in [-0.4, -0.2) is 12.1 Å². The zero-order valence-electron chi connectivity index (χ0n) is 12.6. The van der Waals surface area contributed by atoms with E-state index in [2.05, 4.69) is 39.9 Å². The summed E-state index contributed by atoms with van der Waals surface area (Å²) in [5.74, 6) is 0. The van der Waals surface area contributed by atoms with Gasteiger partial charge in [0.25, 0.3) is 0 Å². The van der Waals surface area contributed by atoms with Gasteiger partial charge >= 0.3 is 0 Å². The van der Waals surface area contributed by atoms with Crippen molar-refractivity contribution in [2.45, 2.75) is 53.0 Å². The zero-order valence-corrected chi connectivity index (χ0v) is 14.1. The van der Waals surface area contributed by atoms with E-state index in [0.29, 0.717) is 5.02 Å². The predicted molar refractivity (Wildman–Crippen MR) is 86.3 cm³/mol. The first-order valence-corrected chi connectivity index (χ1v) is 7.54. The summed E-state index contributed by atoms with van der Waals surface area (Å²) in [7, 11) is 0. The molecular weight excluding hydrogens is 277 g/mol. The van der Waals surface area contributed by atoms with E-state index in [1.54, 1.807) is 0 Å². The van der Waals surface area contributed by atoms with Crippen LogP contribution in [0.25, 0.3) is 0 Å². The molecule has 108 valence electrons. The number of aryl methyl sites for hydroxylation is 1. The van der Waals surface area contributed by atoms with Gasteiger partial charge in [-0.3, -0.25) is 0 Å². The molecule has 0 aliphatic heterocycles. The molecule has 3 heteroatoms. The minimum Gasteiger partial charge on any atom is -0.312 e. The second kappa shape index (κ2) is 6.47. The van der Waals surface area contributed by atoms with Gasteiger partial charge < -0.3 is 5.32 Å². The van der Waals surface area contributed by atoms with Crippen molar-refractivity contribution in [3.05, 3.63) is 33.8 Å². The topological polar surface area (TPSA) is 12.0 Å². The first-order valence-electron chi connectivity index (χ1n) is 6.78. The molecule has 0 amide bonds. The largest absolute Gasteiger partial charge is 0.312 e. The Morgan fingerprint density at radius 2 is 1.68 bits per heavy atom. The van der Waals surface area contributed by atoms with E-state index in [1.165, 1.54) is 5.56 Å². The first-order chi connectivity index (χ1) is 8.59. The number of rotatable bonds is 5. The Labute approximate surface area is 127 Å². The Hall–Kier alpha value is -0.240. The summed E-state index contributed by atoms with van der Waals surface area (Å²) in [4.78, 5) is 0. The molecule has 0 radical (unpaired) electrons. The molecule has 0 atom stereocenters. The molecule has 1 rings (SSSR count). The molecule has 0 fully saturated rings. The van der Waals surface area contributed by atoms with Crippen molar-refractivity contribution in [3.8, 4) is 0 Å². The van der Waals surface area contributed by atoms with E-state index < -0.39 is 0 Å². The monoisotopic (exact) mass is 301 g/mol. The number of benzene rings is 1. The van der Waals surface area contributed by atoms with Gasteiger partial charge in [0.2, 0.25) is 0 Å². The average molecular weight is 302 g/mol. The SMILES string of the molecule is CC(C)(CCc1ccc(Cl)cc1Cl)CNC(C)(C)C. The van der Waals surface area contributed by atoms with E-state index in [4.69, 9.17) is 23.2 Å². The molecule has 0 spiro atoms. The van der Waals surface area contributed by atoms with Gasteiger partial charge in [0.1, 0.15) is 0 Å². The van der Waals surface area contributed by atoms with E-state index in [0.717, 1.165) is 24.4 Å². The second-order valence-electron chi connectivity index (χ2n) is 7.00. The number of hydrogen-bond acceptors (Lipinski definition) is 1. The van der Waals surface area contributed by atoms with E-state index in [9.17, 15) is 0 Å². The summed E-state index contributed by atoms with van der Waals surface area (Å²) < 4.78 is 0. The summed E-state index contributed by atoms with van der Waals surface area (Å²) in [5.41, 5.74) is 1.58. The van der Waals surface area contributed by atoms with Crippen molar-refractivity contribution in [3.63, 3.8) is 0 Å². The van der Waals surface area contributed by atoms with Gasteiger partial charge in [0.15, 0.2) is 0 Å². The highest BCUT2D eigenvalue weighted by Gasteiger charge is 2.21. The van der Waals surface area contributed by atoms with Crippen LogP contribution in [0.15, 0.2) is 18.2 Å². The van der Waals surface area contributed by atoms with Crippen LogP contribution in [0.4, 0.5) is 0 Å². The van der Waals surface area contributed by atoms with Crippen LogP contribution in [0, 0.1) is 5.41 Å². The van der Waals surface area contributed by atoms with Crippen LogP contribution in [-0.2, 0) is 6.42 Å². The van der Waals surface area contributed by atoms with Gasteiger partial charge in [-0.25, -0.2) is 0 Å². The molecule has 0 aliphatic rings. The van der Waals surface area contributed by atoms with Crippen LogP contribution < -0.4 is 5.32 Å². The maximum Gasteiger partial charge on any atom is 0.0452 e. The lowest BCUT2D eigenvalue weighted by atomic mass is 9.85. The van der Waals surface area contributed by atoms with Crippen molar-refractivity contribution in [2.75, 3.05) is 6.54 Å². The number of hydrogen-bond donors (Lipinski definition) is 1. The maximum atomic E-state index is 6.21. The van der Waals surface area contributed by atoms with Gasteiger partial charge in [-0.15, -0.1) is 0 Å². The van der Waals surface area contributed by atoms with Gasteiger partial charge in [0, 0.05) is 22.1 Å². The molecule has 0 aromatic heterocycles. The van der Waals surface area contributed by atoms with Gasteiger partial charge in [-0.1, -0.05) is 43.1 Å². The maximum absolute atomic E-state index is 6.21. The third kappa shape index (κ3) is 6.65. The number of nitrogens with one attached hydrogen (secondary N) is 1. The molecule has 0 unspecified atom stereocenters. The van der Waals surface area contributed by atoms with Crippen molar-refractivity contribution in [1.29, 1.82) is 0 Å². The molecule has 0 aliphatic carbocycles. The standard InChI is InChI=1S/C16H25Cl2N/c1-15(2,3)19-11-16(4,5)9-8-12-6-7-13(17)10-14(12)18/h6-7,10,19H,8-9,11H2,1-5H3. The molecule has 1 aromatic rings. The van der Waals surface area contributed by atoms with Crippen molar-refractivity contribution in [1.82, 2.24) is 5.32 Å². The second-order valence-corrected chi connectivity index (χ2v) is 7.85. The average Bonchev–Trinajstić information content (AvgIpc) is 2.25. The lowest BCUT2D eigenvalue weighted by Gasteiger charge is -2.30. The summed E-state index contributed by atoms with van der Waals surface area (Å²) in [6, 6.07) is 5.75. The third-order valence-corrected chi connectivity index (χ3v) is 3.77. The van der Waals surface area contributed by atoms with Crippen LogP contribution in [0.5, 0.6) is 0 Å². The zero-order chi connectivity index (χ0) is 14.7. The van der Waals surface area contributed by atoms with E-state index in [1.807, 2.05) is 18.2 Å². The van der Waals surface area contributed by atoms with Crippen LogP contribution in [0.2, 0.25) is 10.0 Å². The molecule has 19 heavy (non-hydrogen) atoms. The summed E-state index contributed by atoms with van der Waals surface area (Å²) in [6.45, 7) is 12.2. The summed E-state index contributed by atoms with van der Waals surface area (Å²) in [5, 5.41) is 5.04. The minimum atomic E-state index is 0.162. The molecule has 0 saturated heterocycles. The molecule has 0 saturated carbocycles. The Morgan fingerprint density at radius 1 is 1.05 bits per heavy atom. The minimum absolute atomic E-state index is 0.162. The summed E-state index contributed by atoms with van der Waals surface area (Å²) >= 11 is 12.1. The molecular formula is C16H25Cl2N. The van der Waals surface area contributed by atoms with Crippen LogP contribution in [0.3, 0.4) is 0 Å². The Kier molecular flexibility index (Phi) is 5.73. The van der Waals surface area contributed by atoms with Gasteiger partial charge in [-0.2, -0.15) is 0 Å². The van der Waals surface area contributed by atoms with Crippen LogP contribution >= 0.6 is 23.2 Å². The molecule has 0 bridgehead atoms. The normalized spacial score (nSPS) is 12.8. The van der Waals surface area contributed by atoms with Crippen LogP contribution in [0.1, 0.15) is 46.6 Å². The molecule has 1 N–H and O–H groups in total. The fourth-order valence-electron chi connectivity index (χ4n) is 1.79. The van der Waals surface area contributed by atoms with Gasteiger partial charge in [0.05, 0.1) is 0 Å². The lowest BCUT2D eigenvalue weighted by molar-refractivity contribution is 0.273. The van der Waals surface area contributed by atoms with Crippen molar-refractivity contribution in [2.24, 2.45) is 5.41 Å². The highest BCUT2D eigenvalue weighted by atomic mass is 35.5. The fraction of sp³-hybridized carbons (Fsp3) is 0.625. The van der Waals surface area contributed by atoms with E-state index in [-0.39, 0.29) is 11.0 Å². The van der Waals surface area contributed by atoms with E-state index >= 15 is 0 Å².